The van der Waals surface area contributed by atoms with Gasteiger partial charge in [0.25, 0.3) is 5.91 Å². The van der Waals surface area contributed by atoms with Crippen molar-refractivity contribution in [2.45, 2.75) is 13.0 Å². The van der Waals surface area contributed by atoms with Crippen molar-refractivity contribution in [3.8, 4) is 6.07 Å². The first-order valence-corrected chi connectivity index (χ1v) is 6.91. The van der Waals surface area contributed by atoms with Gasteiger partial charge in [-0.15, -0.1) is 0 Å². The van der Waals surface area contributed by atoms with E-state index in [2.05, 4.69) is 10.6 Å². The normalized spacial score (nSPS) is 10.8. The average Bonchev–Trinajstić information content (AvgIpc) is 2.50. The Balaban J connectivity index is 2.46. The largest absolute Gasteiger partial charge is 0.390 e. The lowest BCUT2D eigenvalue weighted by atomic mass is 10.2. The molecule has 5 nitrogen and oxygen atoms in total. The van der Waals surface area contributed by atoms with Crippen LogP contribution in [0.4, 0.5) is 0 Å². The van der Waals surface area contributed by atoms with E-state index >= 15 is 0 Å². The van der Waals surface area contributed by atoms with Crippen LogP contribution in [-0.4, -0.2) is 26.2 Å². The standard InChI is InChI=1S/C15H18ClN3O2/c1-21-8-4-7-18-10-13(9-17)15(20)19-11-12-5-2-3-6-14(12)16/h2-3,5-6,10,18H,4,7-8,11H2,1H3,(H,19,20)/b13-10-. The fourth-order valence-electron chi connectivity index (χ4n) is 1.55. The van der Waals surface area contributed by atoms with Crippen molar-refractivity contribution in [1.82, 2.24) is 10.6 Å². The Kier molecular flexibility index (Phi) is 7.95. The number of rotatable bonds is 8. The second-order valence-corrected chi connectivity index (χ2v) is 4.65. The van der Waals surface area contributed by atoms with Crippen molar-refractivity contribution in [3.05, 3.63) is 46.6 Å². The fraction of sp³-hybridized carbons (Fsp3) is 0.333. The molecular weight excluding hydrogens is 290 g/mol. The number of ether oxygens (including phenoxy) is 1. The maximum absolute atomic E-state index is 11.9. The molecule has 0 aromatic heterocycles. The van der Waals surface area contributed by atoms with E-state index in [1.54, 1.807) is 13.2 Å². The number of halogens is 1. The molecule has 112 valence electrons. The van der Waals surface area contributed by atoms with E-state index in [-0.39, 0.29) is 12.1 Å². The van der Waals surface area contributed by atoms with E-state index in [9.17, 15) is 4.79 Å². The zero-order valence-corrected chi connectivity index (χ0v) is 12.6. The van der Waals surface area contributed by atoms with Gasteiger partial charge in [-0.25, -0.2) is 0 Å². The Morgan fingerprint density at radius 1 is 1.48 bits per heavy atom. The van der Waals surface area contributed by atoms with Gasteiger partial charge >= 0.3 is 0 Å². The van der Waals surface area contributed by atoms with Gasteiger partial charge in [-0.1, -0.05) is 29.8 Å². The predicted molar refractivity (Wildman–Crippen MR) is 81.5 cm³/mol. The number of benzene rings is 1. The van der Waals surface area contributed by atoms with Gasteiger partial charge in [-0.2, -0.15) is 5.26 Å². The van der Waals surface area contributed by atoms with E-state index in [0.29, 0.717) is 18.2 Å². The lowest BCUT2D eigenvalue weighted by Crippen LogP contribution is -2.25. The Labute approximate surface area is 129 Å². The number of nitriles is 1. The molecule has 0 aliphatic heterocycles. The number of methoxy groups -OCH3 is 1. The van der Waals surface area contributed by atoms with Crippen molar-refractivity contribution < 1.29 is 9.53 Å². The Morgan fingerprint density at radius 2 is 2.24 bits per heavy atom. The van der Waals surface area contributed by atoms with Crippen LogP contribution in [0.15, 0.2) is 36.0 Å². The third-order valence-electron chi connectivity index (χ3n) is 2.68. The molecule has 6 heteroatoms. The minimum Gasteiger partial charge on any atom is -0.390 e. The summed E-state index contributed by atoms with van der Waals surface area (Å²) in [5, 5.41) is 15.1. The molecule has 1 rings (SSSR count). The van der Waals surface area contributed by atoms with Crippen LogP contribution in [0.25, 0.3) is 0 Å². The van der Waals surface area contributed by atoms with Crippen LogP contribution < -0.4 is 10.6 Å². The summed E-state index contributed by atoms with van der Waals surface area (Å²) >= 11 is 6.00. The third-order valence-corrected chi connectivity index (χ3v) is 3.05. The molecule has 0 unspecified atom stereocenters. The van der Waals surface area contributed by atoms with Crippen molar-refractivity contribution >= 4 is 17.5 Å². The van der Waals surface area contributed by atoms with Gasteiger partial charge in [0.05, 0.1) is 0 Å². The Bertz CT molecular complexity index is 538. The van der Waals surface area contributed by atoms with Gasteiger partial charge in [0, 0.05) is 38.0 Å². The van der Waals surface area contributed by atoms with Gasteiger partial charge in [0.2, 0.25) is 0 Å². The predicted octanol–water partition coefficient (Wildman–Crippen LogP) is 1.99. The molecule has 0 fully saturated rings. The quantitative estimate of drug-likeness (QED) is 0.437. The summed E-state index contributed by atoms with van der Waals surface area (Å²) in [6, 6.07) is 9.09. The number of carbonyl (C=O) groups excluding carboxylic acids is 1. The fourth-order valence-corrected chi connectivity index (χ4v) is 1.76. The van der Waals surface area contributed by atoms with Crippen molar-refractivity contribution in [1.29, 1.82) is 5.26 Å². The molecule has 1 aromatic carbocycles. The summed E-state index contributed by atoms with van der Waals surface area (Å²) in [7, 11) is 1.62. The summed E-state index contributed by atoms with van der Waals surface area (Å²) in [4.78, 5) is 11.9. The highest BCUT2D eigenvalue weighted by Crippen LogP contribution is 2.14. The minimum atomic E-state index is -0.434. The second kappa shape index (κ2) is 9.81. The molecule has 0 atom stereocenters. The number of amides is 1. The van der Waals surface area contributed by atoms with E-state index in [4.69, 9.17) is 21.6 Å². The van der Waals surface area contributed by atoms with E-state index in [0.717, 1.165) is 12.0 Å². The minimum absolute atomic E-state index is 0.0273. The molecular formula is C15H18ClN3O2. The van der Waals surface area contributed by atoms with Gasteiger partial charge < -0.3 is 15.4 Å². The summed E-state index contributed by atoms with van der Waals surface area (Å²) in [6.07, 6.45) is 2.21. The van der Waals surface area contributed by atoms with Gasteiger partial charge in [0.15, 0.2) is 0 Å². The number of carbonyl (C=O) groups is 1. The van der Waals surface area contributed by atoms with Gasteiger partial charge in [-0.05, 0) is 18.1 Å². The van der Waals surface area contributed by atoms with Crippen LogP contribution in [0.1, 0.15) is 12.0 Å². The molecule has 0 spiro atoms. The first-order valence-electron chi connectivity index (χ1n) is 6.53. The number of nitrogens with one attached hydrogen (secondary N) is 2. The topological polar surface area (TPSA) is 74.1 Å². The van der Waals surface area contributed by atoms with Crippen LogP contribution in [0.3, 0.4) is 0 Å². The average molecular weight is 308 g/mol. The summed E-state index contributed by atoms with van der Waals surface area (Å²) in [5.74, 6) is -0.434. The van der Waals surface area contributed by atoms with Gasteiger partial charge in [-0.3, -0.25) is 4.79 Å². The molecule has 1 amide bonds. The van der Waals surface area contributed by atoms with E-state index in [1.165, 1.54) is 6.20 Å². The first kappa shape index (κ1) is 17.0. The molecule has 0 saturated heterocycles. The van der Waals surface area contributed by atoms with Gasteiger partial charge in [0.1, 0.15) is 11.6 Å². The summed E-state index contributed by atoms with van der Waals surface area (Å²) in [6.45, 7) is 1.54. The number of nitrogens with zero attached hydrogens (tertiary/aromatic N) is 1. The zero-order valence-electron chi connectivity index (χ0n) is 11.9. The lowest BCUT2D eigenvalue weighted by Gasteiger charge is -2.06. The molecule has 0 radical (unpaired) electrons. The highest BCUT2D eigenvalue weighted by molar-refractivity contribution is 6.31. The SMILES string of the molecule is COCCCN/C=C(/C#N)C(=O)NCc1ccccc1Cl. The molecule has 0 heterocycles. The van der Waals surface area contributed by atoms with Crippen LogP contribution in [-0.2, 0) is 16.1 Å². The van der Waals surface area contributed by atoms with Crippen LogP contribution in [0, 0.1) is 11.3 Å². The van der Waals surface area contributed by atoms with E-state index < -0.39 is 5.91 Å². The highest BCUT2D eigenvalue weighted by atomic mass is 35.5. The third kappa shape index (κ3) is 6.30. The smallest absolute Gasteiger partial charge is 0.263 e. The highest BCUT2D eigenvalue weighted by Gasteiger charge is 2.09. The summed E-state index contributed by atoms with van der Waals surface area (Å²) < 4.78 is 4.90. The Morgan fingerprint density at radius 3 is 2.90 bits per heavy atom. The summed E-state index contributed by atoms with van der Waals surface area (Å²) in [5.41, 5.74) is 0.831. The second-order valence-electron chi connectivity index (χ2n) is 4.24. The lowest BCUT2D eigenvalue weighted by molar-refractivity contribution is -0.117. The zero-order chi connectivity index (χ0) is 15.5. The molecule has 0 saturated carbocycles. The molecule has 1 aromatic rings. The Hall–Kier alpha value is -2.03. The molecule has 0 bridgehead atoms. The monoisotopic (exact) mass is 307 g/mol. The van der Waals surface area contributed by atoms with Crippen LogP contribution in [0.2, 0.25) is 5.02 Å². The maximum Gasteiger partial charge on any atom is 0.263 e. The molecule has 2 N–H and O–H groups in total. The molecule has 0 aliphatic carbocycles. The number of hydrogen-bond donors (Lipinski definition) is 2. The first-order chi connectivity index (χ1) is 10.2. The van der Waals surface area contributed by atoms with Crippen LogP contribution >= 0.6 is 11.6 Å². The van der Waals surface area contributed by atoms with Crippen molar-refractivity contribution in [3.63, 3.8) is 0 Å². The van der Waals surface area contributed by atoms with Crippen molar-refractivity contribution in [2.24, 2.45) is 0 Å². The molecule has 0 aliphatic rings. The number of hydrogen-bond acceptors (Lipinski definition) is 4. The molecule has 21 heavy (non-hydrogen) atoms. The van der Waals surface area contributed by atoms with Crippen LogP contribution in [0.5, 0.6) is 0 Å². The van der Waals surface area contributed by atoms with Crippen molar-refractivity contribution in [2.75, 3.05) is 20.3 Å². The maximum atomic E-state index is 11.9. The van der Waals surface area contributed by atoms with E-state index in [1.807, 2.05) is 24.3 Å².